The van der Waals surface area contributed by atoms with Crippen LogP contribution in [-0.2, 0) is 12.8 Å². The Morgan fingerprint density at radius 2 is 1.88 bits per heavy atom. The van der Waals surface area contributed by atoms with Crippen LogP contribution in [-0.4, -0.2) is 25.8 Å². The molecule has 0 saturated heterocycles. The summed E-state index contributed by atoms with van der Waals surface area (Å²) < 4.78 is 1.92. The highest BCUT2D eigenvalue weighted by Gasteiger charge is 2.16. The number of hydrogen-bond acceptors (Lipinski definition) is 4. The lowest BCUT2D eigenvalue weighted by atomic mass is 10.0. The predicted octanol–water partition coefficient (Wildman–Crippen LogP) is 1.35. The minimum Gasteiger partial charge on any atom is -0.298 e. The van der Waals surface area contributed by atoms with E-state index >= 15 is 0 Å². The molecule has 0 atom stereocenters. The first kappa shape index (κ1) is 10.1. The van der Waals surface area contributed by atoms with E-state index in [1.807, 2.05) is 4.57 Å². The lowest BCUT2D eigenvalue weighted by Gasteiger charge is -2.12. The van der Waals surface area contributed by atoms with Crippen LogP contribution in [0.25, 0.3) is 5.95 Å². The zero-order chi connectivity index (χ0) is 11.7. The van der Waals surface area contributed by atoms with Crippen molar-refractivity contribution in [1.29, 1.82) is 0 Å². The molecule has 0 amide bonds. The monoisotopic (exact) mass is 228 g/mol. The lowest BCUT2D eigenvalue weighted by molar-refractivity contribution is 0.112. The summed E-state index contributed by atoms with van der Waals surface area (Å²) in [6, 6.07) is 0. The summed E-state index contributed by atoms with van der Waals surface area (Å²) in [5.41, 5.74) is 2.84. The van der Waals surface area contributed by atoms with Crippen LogP contribution in [0.1, 0.15) is 34.6 Å². The molecule has 2 heterocycles. The Hall–Kier alpha value is -2.04. The predicted molar refractivity (Wildman–Crippen MR) is 61.2 cm³/mol. The van der Waals surface area contributed by atoms with Crippen LogP contribution >= 0.6 is 0 Å². The fourth-order valence-electron chi connectivity index (χ4n) is 2.16. The number of imidazole rings is 1. The molecule has 0 saturated carbocycles. The van der Waals surface area contributed by atoms with Crippen molar-refractivity contribution in [1.82, 2.24) is 19.5 Å². The molecule has 2 aromatic heterocycles. The molecule has 1 aliphatic rings. The van der Waals surface area contributed by atoms with Gasteiger partial charge in [0.15, 0.2) is 6.29 Å². The number of fused-ring (bicyclic) bond motifs is 1. The number of hydrogen-bond donors (Lipinski definition) is 0. The van der Waals surface area contributed by atoms with E-state index < -0.39 is 0 Å². The molecule has 1 aliphatic carbocycles. The van der Waals surface area contributed by atoms with Gasteiger partial charge in [-0.25, -0.2) is 15.0 Å². The van der Waals surface area contributed by atoms with Gasteiger partial charge in [0.05, 0.1) is 11.3 Å². The summed E-state index contributed by atoms with van der Waals surface area (Å²) in [4.78, 5) is 23.3. The van der Waals surface area contributed by atoms with Gasteiger partial charge in [0, 0.05) is 18.1 Å². The van der Waals surface area contributed by atoms with E-state index in [2.05, 4.69) is 15.0 Å². The average Bonchev–Trinajstić information content (AvgIpc) is 2.83. The second-order valence-electron chi connectivity index (χ2n) is 4.15. The number of aryl methyl sites for hydroxylation is 1. The Morgan fingerprint density at radius 3 is 2.65 bits per heavy atom. The normalized spacial score (nSPS) is 14.4. The molecule has 3 rings (SSSR count). The van der Waals surface area contributed by atoms with Crippen LogP contribution in [0.4, 0.5) is 0 Å². The molecule has 0 radical (unpaired) electrons. The Morgan fingerprint density at radius 1 is 1.12 bits per heavy atom. The van der Waals surface area contributed by atoms with Crippen LogP contribution < -0.4 is 0 Å². The molecular weight excluding hydrogens is 216 g/mol. The number of nitrogens with zero attached hydrogens (tertiary/aromatic N) is 4. The first-order valence-electron chi connectivity index (χ1n) is 5.71. The van der Waals surface area contributed by atoms with E-state index in [0.717, 1.165) is 24.8 Å². The van der Waals surface area contributed by atoms with Crippen molar-refractivity contribution in [3.8, 4) is 5.95 Å². The van der Waals surface area contributed by atoms with E-state index in [4.69, 9.17) is 0 Å². The fourth-order valence-corrected chi connectivity index (χ4v) is 2.16. The summed E-state index contributed by atoms with van der Waals surface area (Å²) in [5.74, 6) is 0.589. The van der Waals surface area contributed by atoms with Crippen LogP contribution in [0.3, 0.4) is 0 Å². The molecule has 0 spiro atoms. The maximum Gasteiger partial charge on any atom is 0.235 e. The number of carbonyl (C=O) groups is 1. The van der Waals surface area contributed by atoms with E-state index in [1.165, 1.54) is 30.9 Å². The van der Waals surface area contributed by atoms with Gasteiger partial charge in [-0.3, -0.25) is 9.36 Å². The van der Waals surface area contributed by atoms with Crippen molar-refractivity contribution in [3.63, 3.8) is 0 Å². The largest absolute Gasteiger partial charge is 0.298 e. The zero-order valence-corrected chi connectivity index (χ0v) is 9.33. The molecule has 5 nitrogen and oxygen atoms in total. The topological polar surface area (TPSA) is 60.7 Å². The zero-order valence-electron chi connectivity index (χ0n) is 9.33. The van der Waals surface area contributed by atoms with Crippen LogP contribution in [0.15, 0.2) is 18.7 Å². The SMILES string of the molecule is O=Cc1cnc(-n2cnc3c2CCCC3)nc1. The van der Waals surface area contributed by atoms with Gasteiger partial charge in [-0.15, -0.1) is 0 Å². The Kier molecular flexibility index (Phi) is 2.44. The van der Waals surface area contributed by atoms with E-state index in [9.17, 15) is 4.79 Å². The number of aromatic nitrogens is 4. The van der Waals surface area contributed by atoms with Gasteiger partial charge in [0.1, 0.15) is 6.33 Å². The molecule has 0 unspecified atom stereocenters. The third kappa shape index (κ3) is 1.73. The summed E-state index contributed by atoms with van der Waals surface area (Å²) in [7, 11) is 0. The molecule has 0 N–H and O–H groups in total. The van der Waals surface area contributed by atoms with E-state index in [0.29, 0.717) is 11.5 Å². The molecule has 86 valence electrons. The Bertz CT molecular complexity index is 544. The van der Waals surface area contributed by atoms with Crippen molar-refractivity contribution in [2.24, 2.45) is 0 Å². The third-order valence-corrected chi connectivity index (χ3v) is 3.04. The minimum absolute atomic E-state index is 0.489. The maximum atomic E-state index is 10.5. The van der Waals surface area contributed by atoms with Gasteiger partial charge in [-0.2, -0.15) is 0 Å². The number of rotatable bonds is 2. The van der Waals surface area contributed by atoms with Crippen molar-refractivity contribution >= 4 is 6.29 Å². The van der Waals surface area contributed by atoms with E-state index in [1.54, 1.807) is 6.33 Å². The molecule has 2 aromatic rings. The smallest absolute Gasteiger partial charge is 0.235 e. The number of aldehydes is 1. The molecule has 0 aromatic carbocycles. The van der Waals surface area contributed by atoms with Crippen LogP contribution in [0.2, 0.25) is 0 Å². The van der Waals surface area contributed by atoms with Gasteiger partial charge in [0.2, 0.25) is 5.95 Å². The summed E-state index contributed by atoms with van der Waals surface area (Å²) in [5, 5.41) is 0. The summed E-state index contributed by atoms with van der Waals surface area (Å²) in [6.07, 6.45) is 10.0. The second-order valence-corrected chi connectivity index (χ2v) is 4.15. The fraction of sp³-hybridized carbons (Fsp3) is 0.333. The summed E-state index contributed by atoms with van der Waals surface area (Å²) >= 11 is 0. The number of carbonyl (C=O) groups excluding carboxylic acids is 1. The molecule has 5 heteroatoms. The van der Waals surface area contributed by atoms with Gasteiger partial charge in [-0.05, 0) is 25.7 Å². The average molecular weight is 228 g/mol. The van der Waals surface area contributed by atoms with Gasteiger partial charge in [0.25, 0.3) is 0 Å². The standard InChI is InChI=1S/C12H12N4O/c17-7-9-5-13-12(14-6-9)16-8-15-10-3-1-2-4-11(10)16/h5-8H,1-4H2. The summed E-state index contributed by atoms with van der Waals surface area (Å²) in [6.45, 7) is 0. The highest BCUT2D eigenvalue weighted by Crippen LogP contribution is 2.21. The van der Waals surface area contributed by atoms with Crippen molar-refractivity contribution < 1.29 is 4.79 Å². The molecular formula is C12H12N4O. The van der Waals surface area contributed by atoms with Crippen molar-refractivity contribution in [2.45, 2.75) is 25.7 Å². The van der Waals surface area contributed by atoms with Crippen LogP contribution in [0, 0.1) is 0 Å². The Labute approximate surface area is 98.5 Å². The maximum absolute atomic E-state index is 10.5. The van der Waals surface area contributed by atoms with Gasteiger partial charge < -0.3 is 0 Å². The van der Waals surface area contributed by atoms with Gasteiger partial charge >= 0.3 is 0 Å². The second kappa shape index (κ2) is 4.08. The van der Waals surface area contributed by atoms with Gasteiger partial charge in [-0.1, -0.05) is 0 Å². The first-order chi connectivity index (χ1) is 8.38. The molecule has 0 fully saturated rings. The molecule has 0 aliphatic heterocycles. The highest BCUT2D eigenvalue weighted by molar-refractivity contribution is 5.73. The quantitative estimate of drug-likeness (QED) is 0.728. The Balaban J connectivity index is 2.02. The van der Waals surface area contributed by atoms with Crippen molar-refractivity contribution in [2.75, 3.05) is 0 Å². The lowest BCUT2D eigenvalue weighted by Crippen LogP contribution is -2.09. The molecule has 0 bridgehead atoms. The third-order valence-electron chi connectivity index (χ3n) is 3.04. The first-order valence-corrected chi connectivity index (χ1v) is 5.71. The van der Waals surface area contributed by atoms with E-state index in [-0.39, 0.29) is 0 Å². The highest BCUT2D eigenvalue weighted by atomic mass is 16.1. The molecule has 17 heavy (non-hydrogen) atoms. The van der Waals surface area contributed by atoms with Crippen LogP contribution in [0.5, 0.6) is 0 Å². The minimum atomic E-state index is 0.489. The van der Waals surface area contributed by atoms with Crippen molar-refractivity contribution in [3.05, 3.63) is 35.7 Å².